The number of amides is 1. The molecule has 2 heterocycles. The SMILES string of the molecule is O=C(NC[C@@H]1CN2CCC[C@H]2CO1)c1c(O)cc(Cl)cc1Cl. The van der Waals surface area contributed by atoms with Crippen molar-refractivity contribution < 1.29 is 14.6 Å². The maximum Gasteiger partial charge on any atom is 0.256 e. The highest BCUT2D eigenvalue weighted by Crippen LogP contribution is 2.30. The minimum Gasteiger partial charge on any atom is -0.507 e. The summed E-state index contributed by atoms with van der Waals surface area (Å²) in [5.74, 6) is -0.648. The van der Waals surface area contributed by atoms with Gasteiger partial charge in [0.1, 0.15) is 5.75 Å². The molecule has 2 aliphatic rings. The van der Waals surface area contributed by atoms with Gasteiger partial charge in [-0.15, -0.1) is 0 Å². The Morgan fingerprint density at radius 1 is 1.45 bits per heavy atom. The van der Waals surface area contributed by atoms with Crippen LogP contribution < -0.4 is 5.32 Å². The molecular weight excluding hydrogens is 327 g/mol. The number of halogens is 2. The third kappa shape index (κ3) is 3.33. The first kappa shape index (κ1) is 15.9. The minimum atomic E-state index is -0.425. The molecule has 1 amide bonds. The van der Waals surface area contributed by atoms with Crippen molar-refractivity contribution in [3.05, 3.63) is 27.7 Å². The number of morpholine rings is 1. The quantitative estimate of drug-likeness (QED) is 0.883. The Bertz CT molecular complexity index is 559. The zero-order valence-corrected chi connectivity index (χ0v) is 13.5. The topological polar surface area (TPSA) is 61.8 Å². The Morgan fingerprint density at radius 2 is 2.27 bits per heavy atom. The second-order valence-corrected chi connectivity index (χ2v) is 6.58. The average molecular weight is 345 g/mol. The van der Waals surface area contributed by atoms with E-state index in [1.54, 1.807) is 0 Å². The van der Waals surface area contributed by atoms with Crippen LogP contribution in [0.4, 0.5) is 0 Å². The molecule has 2 atom stereocenters. The molecule has 3 rings (SSSR count). The molecule has 7 heteroatoms. The molecule has 0 unspecified atom stereocenters. The van der Waals surface area contributed by atoms with Gasteiger partial charge in [0, 0.05) is 24.2 Å². The fourth-order valence-electron chi connectivity index (χ4n) is 3.09. The number of hydrogen-bond donors (Lipinski definition) is 2. The summed E-state index contributed by atoms with van der Waals surface area (Å²) in [4.78, 5) is 14.6. The molecule has 22 heavy (non-hydrogen) atoms. The van der Waals surface area contributed by atoms with Crippen LogP contribution in [0.15, 0.2) is 12.1 Å². The second-order valence-electron chi connectivity index (χ2n) is 5.74. The Balaban J connectivity index is 1.59. The molecule has 1 aromatic carbocycles. The van der Waals surface area contributed by atoms with Gasteiger partial charge in [0.2, 0.25) is 0 Å². The van der Waals surface area contributed by atoms with Crippen LogP contribution >= 0.6 is 23.2 Å². The highest BCUT2D eigenvalue weighted by atomic mass is 35.5. The van der Waals surface area contributed by atoms with E-state index in [0.29, 0.717) is 19.2 Å². The van der Waals surface area contributed by atoms with Gasteiger partial charge in [0.05, 0.1) is 23.3 Å². The van der Waals surface area contributed by atoms with Gasteiger partial charge in [-0.05, 0) is 31.5 Å². The van der Waals surface area contributed by atoms with Crippen LogP contribution in [0.5, 0.6) is 5.75 Å². The summed E-state index contributed by atoms with van der Waals surface area (Å²) in [5, 5.41) is 13.0. The highest BCUT2D eigenvalue weighted by Gasteiger charge is 2.32. The summed E-state index contributed by atoms with van der Waals surface area (Å²) in [6.07, 6.45) is 2.36. The number of aromatic hydroxyl groups is 1. The fraction of sp³-hybridized carbons (Fsp3) is 0.533. The Kier molecular flexibility index (Phi) is 4.78. The van der Waals surface area contributed by atoms with Gasteiger partial charge in [-0.1, -0.05) is 23.2 Å². The number of phenolic OH excluding ortho intramolecular Hbond substituents is 1. The van der Waals surface area contributed by atoms with Crippen molar-refractivity contribution in [2.75, 3.05) is 26.2 Å². The van der Waals surface area contributed by atoms with Crippen molar-refractivity contribution >= 4 is 29.1 Å². The van der Waals surface area contributed by atoms with E-state index >= 15 is 0 Å². The smallest absolute Gasteiger partial charge is 0.256 e. The number of rotatable bonds is 3. The normalized spacial score (nSPS) is 25.0. The van der Waals surface area contributed by atoms with Crippen LogP contribution in [-0.2, 0) is 4.74 Å². The lowest BCUT2D eigenvalue weighted by atomic mass is 10.1. The van der Waals surface area contributed by atoms with E-state index in [1.807, 2.05) is 0 Å². The molecule has 0 bridgehead atoms. The van der Waals surface area contributed by atoms with Crippen molar-refractivity contribution in [1.82, 2.24) is 10.2 Å². The standard InChI is InChI=1S/C15H18Cl2N2O3/c16-9-4-12(17)14(13(20)5-9)15(21)18-6-11-7-19-3-1-2-10(19)8-22-11/h4-5,10-11,20H,1-3,6-8H2,(H,18,21)/t10-,11+/m0/s1. The number of benzene rings is 1. The van der Waals surface area contributed by atoms with Crippen molar-refractivity contribution in [2.45, 2.75) is 25.0 Å². The summed E-state index contributed by atoms with van der Waals surface area (Å²) in [7, 11) is 0. The molecule has 120 valence electrons. The van der Waals surface area contributed by atoms with E-state index in [4.69, 9.17) is 27.9 Å². The van der Waals surface area contributed by atoms with E-state index < -0.39 is 5.91 Å². The van der Waals surface area contributed by atoms with Crippen LogP contribution in [0.3, 0.4) is 0 Å². The number of nitrogens with zero attached hydrogens (tertiary/aromatic N) is 1. The van der Waals surface area contributed by atoms with Crippen molar-refractivity contribution in [2.24, 2.45) is 0 Å². The van der Waals surface area contributed by atoms with Crippen molar-refractivity contribution in [3.63, 3.8) is 0 Å². The first-order valence-electron chi connectivity index (χ1n) is 7.36. The molecule has 2 saturated heterocycles. The third-order valence-electron chi connectivity index (χ3n) is 4.21. The molecule has 1 aromatic rings. The van der Waals surface area contributed by atoms with Crippen LogP contribution in [0.25, 0.3) is 0 Å². The lowest BCUT2D eigenvalue weighted by molar-refractivity contribution is -0.0461. The minimum absolute atomic E-state index is 0.0356. The van der Waals surface area contributed by atoms with E-state index in [0.717, 1.165) is 13.1 Å². The predicted molar refractivity (Wildman–Crippen MR) is 84.8 cm³/mol. The number of carbonyl (C=O) groups is 1. The van der Waals surface area contributed by atoms with Crippen LogP contribution in [0.2, 0.25) is 10.0 Å². The first-order chi connectivity index (χ1) is 10.5. The highest BCUT2D eigenvalue weighted by molar-refractivity contribution is 6.37. The number of ether oxygens (including phenoxy) is 1. The lowest BCUT2D eigenvalue weighted by Crippen LogP contribution is -2.50. The predicted octanol–water partition coefficient (Wildman–Crippen LogP) is 2.29. The summed E-state index contributed by atoms with van der Waals surface area (Å²) in [5.41, 5.74) is 0.0425. The van der Waals surface area contributed by atoms with Crippen molar-refractivity contribution in [1.29, 1.82) is 0 Å². The molecule has 0 saturated carbocycles. The van der Waals surface area contributed by atoms with Gasteiger partial charge in [-0.25, -0.2) is 0 Å². The zero-order valence-electron chi connectivity index (χ0n) is 12.0. The van der Waals surface area contributed by atoms with Crippen LogP contribution in [0, 0.1) is 0 Å². The number of nitrogens with one attached hydrogen (secondary N) is 1. The van der Waals surface area contributed by atoms with Gasteiger partial charge in [-0.3, -0.25) is 9.69 Å². The molecule has 5 nitrogen and oxygen atoms in total. The maximum atomic E-state index is 12.2. The van der Waals surface area contributed by atoms with Gasteiger partial charge in [-0.2, -0.15) is 0 Å². The van der Waals surface area contributed by atoms with E-state index in [-0.39, 0.29) is 27.5 Å². The summed E-state index contributed by atoms with van der Waals surface area (Å²) >= 11 is 11.8. The second kappa shape index (κ2) is 6.62. The largest absolute Gasteiger partial charge is 0.507 e. The maximum absolute atomic E-state index is 12.2. The van der Waals surface area contributed by atoms with E-state index in [9.17, 15) is 9.90 Å². The number of hydrogen-bond acceptors (Lipinski definition) is 4. The lowest BCUT2D eigenvalue weighted by Gasteiger charge is -2.35. The molecule has 0 aliphatic carbocycles. The molecule has 2 N–H and O–H groups in total. The summed E-state index contributed by atoms with van der Waals surface area (Å²) in [6, 6.07) is 3.26. The van der Waals surface area contributed by atoms with Gasteiger partial charge < -0.3 is 15.2 Å². The summed E-state index contributed by atoms with van der Waals surface area (Å²) in [6.45, 7) is 3.03. The molecular formula is C15H18Cl2N2O3. The van der Waals surface area contributed by atoms with Gasteiger partial charge in [0.15, 0.2) is 0 Å². The van der Waals surface area contributed by atoms with Gasteiger partial charge >= 0.3 is 0 Å². The Hall–Kier alpha value is -1.01. The Labute approximate surface area is 139 Å². The van der Waals surface area contributed by atoms with E-state index in [1.165, 1.54) is 25.0 Å². The molecule has 0 aromatic heterocycles. The van der Waals surface area contributed by atoms with E-state index in [2.05, 4.69) is 10.2 Å². The van der Waals surface area contributed by atoms with Gasteiger partial charge in [0.25, 0.3) is 5.91 Å². The third-order valence-corrected chi connectivity index (χ3v) is 4.73. The fourth-order valence-corrected chi connectivity index (χ4v) is 3.66. The zero-order chi connectivity index (χ0) is 15.7. The monoisotopic (exact) mass is 344 g/mol. The first-order valence-corrected chi connectivity index (χ1v) is 8.12. The summed E-state index contributed by atoms with van der Waals surface area (Å²) < 4.78 is 5.78. The number of phenols is 1. The van der Waals surface area contributed by atoms with Crippen molar-refractivity contribution in [3.8, 4) is 5.75 Å². The number of carbonyl (C=O) groups excluding carboxylic acids is 1. The molecule has 2 aliphatic heterocycles. The van der Waals surface area contributed by atoms with Crippen LogP contribution in [-0.4, -0.2) is 54.3 Å². The Morgan fingerprint density at radius 3 is 3.05 bits per heavy atom. The molecule has 0 radical (unpaired) electrons. The van der Waals surface area contributed by atoms with Crippen LogP contribution in [0.1, 0.15) is 23.2 Å². The number of fused-ring (bicyclic) bond motifs is 1. The molecule has 0 spiro atoms. The average Bonchev–Trinajstić information content (AvgIpc) is 2.91. The molecule has 2 fully saturated rings.